The number of pyridine rings is 1. The molecule has 30 heavy (non-hydrogen) atoms. The molecule has 1 saturated heterocycles. The van der Waals surface area contributed by atoms with E-state index in [1.54, 1.807) is 14.2 Å². The Kier molecular flexibility index (Phi) is 6.30. The molecule has 0 aliphatic carbocycles. The molecule has 7 heteroatoms. The minimum Gasteiger partial charge on any atom is -0.497 e. The van der Waals surface area contributed by atoms with Crippen molar-refractivity contribution in [3.05, 3.63) is 78.4 Å². The van der Waals surface area contributed by atoms with E-state index >= 15 is 0 Å². The SMILES string of the molecule is COCCCN1C(=S)NC(c2ccccn2)C1c1cccn1-c1ccc(OC)cc1. The molecule has 3 aromatic rings. The number of nitrogens with zero attached hydrogens (tertiary/aromatic N) is 3. The van der Waals surface area contributed by atoms with Gasteiger partial charge in [0.05, 0.1) is 24.9 Å². The second kappa shape index (κ2) is 9.28. The van der Waals surface area contributed by atoms with Crippen LogP contribution < -0.4 is 10.1 Å². The van der Waals surface area contributed by atoms with Crippen molar-refractivity contribution < 1.29 is 9.47 Å². The minimum absolute atomic E-state index is 0.0151. The van der Waals surface area contributed by atoms with Crippen LogP contribution >= 0.6 is 12.2 Å². The van der Waals surface area contributed by atoms with Crippen molar-refractivity contribution in [3.63, 3.8) is 0 Å². The van der Waals surface area contributed by atoms with E-state index < -0.39 is 0 Å². The first-order chi connectivity index (χ1) is 14.7. The predicted octanol–water partition coefficient (Wildman–Crippen LogP) is 3.89. The van der Waals surface area contributed by atoms with Gasteiger partial charge in [0.2, 0.25) is 0 Å². The molecule has 0 bridgehead atoms. The average Bonchev–Trinajstić information content (AvgIpc) is 3.39. The third-order valence-corrected chi connectivity index (χ3v) is 5.73. The molecular formula is C23H26N4O2S. The Labute approximate surface area is 182 Å². The fourth-order valence-corrected chi connectivity index (χ4v) is 4.29. The standard InChI is InChI=1S/C23H26N4O2S/c1-28-16-6-15-27-22(21(25-23(27)30)19-7-3-4-13-24-19)20-8-5-14-26(20)17-9-11-18(29-2)12-10-17/h3-5,7-14,21-22H,6,15-16H2,1-2H3,(H,25,30). The highest BCUT2D eigenvalue weighted by Gasteiger charge is 2.40. The van der Waals surface area contributed by atoms with Gasteiger partial charge in [-0.1, -0.05) is 6.07 Å². The summed E-state index contributed by atoms with van der Waals surface area (Å²) in [4.78, 5) is 6.87. The van der Waals surface area contributed by atoms with Crippen molar-refractivity contribution in [3.8, 4) is 11.4 Å². The van der Waals surface area contributed by atoms with Crippen LogP contribution in [-0.4, -0.2) is 46.9 Å². The average molecular weight is 423 g/mol. The molecule has 1 N–H and O–H groups in total. The van der Waals surface area contributed by atoms with Crippen LogP contribution in [0, 0.1) is 0 Å². The predicted molar refractivity (Wildman–Crippen MR) is 121 cm³/mol. The van der Waals surface area contributed by atoms with Crippen LogP contribution in [0.15, 0.2) is 67.0 Å². The van der Waals surface area contributed by atoms with Crippen LogP contribution in [0.3, 0.4) is 0 Å². The number of aromatic nitrogens is 2. The molecule has 0 amide bonds. The van der Waals surface area contributed by atoms with Gasteiger partial charge in [0.1, 0.15) is 5.75 Å². The summed E-state index contributed by atoms with van der Waals surface area (Å²) in [5.41, 5.74) is 3.20. The molecule has 0 saturated carbocycles. The molecule has 1 fully saturated rings. The molecule has 6 nitrogen and oxygen atoms in total. The first-order valence-electron chi connectivity index (χ1n) is 10.0. The molecule has 1 aliphatic heterocycles. The third kappa shape index (κ3) is 4.04. The number of hydrogen-bond acceptors (Lipinski definition) is 4. The van der Waals surface area contributed by atoms with E-state index in [1.807, 2.05) is 36.5 Å². The highest BCUT2D eigenvalue weighted by molar-refractivity contribution is 7.80. The molecule has 1 aromatic carbocycles. The zero-order valence-corrected chi connectivity index (χ0v) is 18.0. The maximum Gasteiger partial charge on any atom is 0.170 e. The normalized spacial score (nSPS) is 18.5. The van der Waals surface area contributed by atoms with Gasteiger partial charge in [0.25, 0.3) is 0 Å². The topological polar surface area (TPSA) is 51.5 Å². The first kappa shape index (κ1) is 20.4. The Hall–Kier alpha value is -2.90. The lowest BCUT2D eigenvalue weighted by molar-refractivity contribution is 0.180. The van der Waals surface area contributed by atoms with Crippen LogP contribution in [0.4, 0.5) is 0 Å². The zero-order valence-electron chi connectivity index (χ0n) is 17.2. The Morgan fingerprint density at radius 1 is 1.07 bits per heavy atom. The second-order valence-corrected chi connectivity index (χ2v) is 7.55. The van der Waals surface area contributed by atoms with Crippen molar-refractivity contribution in [2.24, 2.45) is 0 Å². The number of methoxy groups -OCH3 is 2. The number of nitrogens with one attached hydrogen (secondary N) is 1. The highest BCUT2D eigenvalue weighted by Crippen LogP contribution is 2.39. The zero-order chi connectivity index (χ0) is 20.9. The smallest absolute Gasteiger partial charge is 0.170 e. The molecule has 0 spiro atoms. The van der Waals surface area contributed by atoms with Gasteiger partial charge in [-0.25, -0.2) is 0 Å². The van der Waals surface area contributed by atoms with Gasteiger partial charge in [0, 0.05) is 44.0 Å². The fraction of sp³-hybridized carbons (Fsp3) is 0.304. The largest absolute Gasteiger partial charge is 0.497 e. The van der Waals surface area contributed by atoms with Crippen LogP contribution in [-0.2, 0) is 4.74 Å². The minimum atomic E-state index is -0.0341. The summed E-state index contributed by atoms with van der Waals surface area (Å²) in [6, 6.07) is 18.3. The Balaban J connectivity index is 1.73. The van der Waals surface area contributed by atoms with Crippen LogP contribution in [0.25, 0.3) is 5.69 Å². The van der Waals surface area contributed by atoms with Gasteiger partial charge in [-0.15, -0.1) is 0 Å². The van der Waals surface area contributed by atoms with Gasteiger partial charge >= 0.3 is 0 Å². The molecule has 1 aliphatic rings. The van der Waals surface area contributed by atoms with Gasteiger partial charge in [0.15, 0.2) is 5.11 Å². The summed E-state index contributed by atoms with van der Waals surface area (Å²) in [6.07, 6.45) is 4.81. The quantitative estimate of drug-likeness (QED) is 0.439. The van der Waals surface area contributed by atoms with Crippen LogP contribution in [0.1, 0.15) is 29.9 Å². The molecule has 156 valence electrons. The molecule has 2 aromatic heterocycles. The summed E-state index contributed by atoms with van der Waals surface area (Å²) >= 11 is 5.73. The van der Waals surface area contributed by atoms with E-state index in [0.29, 0.717) is 6.61 Å². The summed E-state index contributed by atoms with van der Waals surface area (Å²) in [7, 11) is 3.40. The van der Waals surface area contributed by atoms with Gasteiger partial charge in [-0.3, -0.25) is 4.98 Å². The Morgan fingerprint density at radius 2 is 1.90 bits per heavy atom. The molecule has 0 radical (unpaired) electrons. The van der Waals surface area contributed by atoms with Crippen molar-refractivity contribution in [2.45, 2.75) is 18.5 Å². The van der Waals surface area contributed by atoms with E-state index in [9.17, 15) is 0 Å². The van der Waals surface area contributed by atoms with Gasteiger partial charge in [-0.2, -0.15) is 0 Å². The third-order valence-electron chi connectivity index (χ3n) is 5.38. The lowest BCUT2D eigenvalue weighted by atomic mass is 10.0. The molecule has 3 heterocycles. The van der Waals surface area contributed by atoms with E-state index in [4.69, 9.17) is 21.7 Å². The van der Waals surface area contributed by atoms with Crippen molar-refractivity contribution in [1.82, 2.24) is 19.8 Å². The van der Waals surface area contributed by atoms with Crippen molar-refractivity contribution >= 4 is 17.3 Å². The van der Waals surface area contributed by atoms with Gasteiger partial charge in [-0.05, 0) is 67.2 Å². The summed E-state index contributed by atoms with van der Waals surface area (Å²) in [5, 5.41) is 4.25. The fourth-order valence-electron chi connectivity index (χ4n) is 3.96. The van der Waals surface area contributed by atoms with Crippen LogP contribution in [0.2, 0.25) is 0 Å². The maximum atomic E-state index is 5.73. The monoisotopic (exact) mass is 422 g/mol. The summed E-state index contributed by atoms with van der Waals surface area (Å²) in [6.45, 7) is 1.50. The number of benzene rings is 1. The van der Waals surface area contributed by atoms with Crippen molar-refractivity contribution in [2.75, 3.05) is 27.4 Å². The lowest BCUT2D eigenvalue weighted by Crippen LogP contribution is -2.32. The van der Waals surface area contributed by atoms with E-state index in [0.717, 1.165) is 40.9 Å². The maximum absolute atomic E-state index is 5.73. The van der Waals surface area contributed by atoms with E-state index in [1.165, 1.54) is 0 Å². The van der Waals surface area contributed by atoms with E-state index in [-0.39, 0.29) is 12.1 Å². The Bertz CT molecular complexity index is 974. The second-order valence-electron chi connectivity index (χ2n) is 7.17. The molecule has 2 unspecified atom stereocenters. The van der Waals surface area contributed by atoms with E-state index in [2.05, 4.69) is 50.2 Å². The number of ether oxygens (including phenoxy) is 2. The molecule has 4 rings (SSSR count). The lowest BCUT2D eigenvalue weighted by Gasteiger charge is -2.29. The molecular weight excluding hydrogens is 396 g/mol. The van der Waals surface area contributed by atoms with Crippen LogP contribution in [0.5, 0.6) is 5.75 Å². The van der Waals surface area contributed by atoms with Gasteiger partial charge < -0.3 is 24.3 Å². The number of thiocarbonyl (C=S) groups is 1. The number of rotatable bonds is 8. The summed E-state index contributed by atoms with van der Waals surface area (Å²) in [5.74, 6) is 0.837. The summed E-state index contributed by atoms with van der Waals surface area (Å²) < 4.78 is 12.8. The Morgan fingerprint density at radius 3 is 2.60 bits per heavy atom. The van der Waals surface area contributed by atoms with Crippen molar-refractivity contribution in [1.29, 1.82) is 0 Å². The first-order valence-corrected chi connectivity index (χ1v) is 10.4. The number of hydrogen-bond donors (Lipinski definition) is 1. The highest BCUT2D eigenvalue weighted by atomic mass is 32.1. The molecule has 2 atom stereocenters.